The maximum absolute atomic E-state index is 13.3. The molecule has 2 heterocycles. The molecule has 4 aromatic rings. The zero-order chi connectivity index (χ0) is 31.1. The van der Waals surface area contributed by atoms with Crippen LogP contribution >= 0.6 is 11.8 Å². The molecule has 0 spiro atoms. The number of anilines is 2. The van der Waals surface area contributed by atoms with Crippen molar-refractivity contribution >= 4 is 58.8 Å². The van der Waals surface area contributed by atoms with Crippen molar-refractivity contribution in [2.75, 3.05) is 16.8 Å². The van der Waals surface area contributed by atoms with E-state index in [1.54, 1.807) is 73.7 Å². The fourth-order valence-electron chi connectivity index (χ4n) is 4.40. The van der Waals surface area contributed by atoms with Crippen LogP contribution < -0.4 is 15.5 Å². The van der Waals surface area contributed by atoms with E-state index in [1.165, 1.54) is 48.4 Å². The zero-order valence-electron chi connectivity index (χ0n) is 23.5. The fourth-order valence-corrected chi connectivity index (χ4v) is 5.51. The Labute approximate surface area is 257 Å². The second-order valence-corrected chi connectivity index (χ2v) is 10.8. The molecule has 1 aliphatic rings. The van der Waals surface area contributed by atoms with Gasteiger partial charge in [0.2, 0.25) is 11.8 Å². The van der Waals surface area contributed by atoms with Crippen molar-refractivity contribution in [1.82, 2.24) is 5.32 Å². The van der Waals surface area contributed by atoms with Crippen molar-refractivity contribution in [2.45, 2.75) is 23.5 Å². The van der Waals surface area contributed by atoms with E-state index >= 15 is 0 Å². The minimum Gasteiger partial charge on any atom is -0.465 e. The number of furan rings is 1. The Hall–Kier alpha value is -5.42. The van der Waals surface area contributed by atoms with E-state index in [-0.39, 0.29) is 30.5 Å². The first-order chi connectivity index (χ1) is 21.3. The number of benzene rings is 3. The van der Waals surface area contributed by atoms with E-state index in [9.17, 15) is 24.0 Å². The van der Waals surface area contributed by atoms with Gasteiger partial charge in [0.1, 0.15) is 11.5 Å². The molecule has 1 fully saturated rings. The molecule has 5 rings (SSSR count). The van der Waals surface area contributed by atoms with Crippen LogP contribution in [-0.2, 0) is 19.1 Å². The molecule has 2 N–H and O–H groups in total. The van der Waals surface area contributed by atoms with Gasteiger partial charge in [0, 0.05) is 28.6 Å². The Bertz CT molecular complexity index is 1720. The highest BCUT2D eigenvalue weighted by molar-refractivity contribution is 8.00. The topological polar surface area (TPSA) is 135 Å². The number of rotatable bonds is 10. The van der Waals surface area contributed by atoms with Crippen LogP contribution in [0.25, 0.3) is 6.08 Å². The number of nitrogens with one attached hydrogen (secondary N) is 2. The van der Waals surface area contributed by atoms with Gasteiger partial charge in [-0.2, -0.15) is 0 Å². The minimum atomic E-state index is -0.683. The molecular weight excluding hydrogens is 582 g/mol. The number of hydrogen-bond donors (Lipinski definition) is 2. The molecule has 1 atom stereocenters. The minimum absolute atomic E-state index is 0.0126. The largest absolute Gasteiger partial charge is 0.465 e. The highest BCUT2D eigenvalue weighted by Crippen LogP contribution is 2.35. The molecule has 0 bridgehead atoms. The lowest BCUT2D eigenvalue weighted by atomic mass is 10.2. The summed E-state index contributed by atoms with van der Waals surface area (Å²) in [4.78, 5) is 65.8. The third-order valence-corrected chi connectivity index (χ3v) is 7.65. The average Bonchev–Trinajstić information content (AvgIpc) is 3.64. The summed E-state index contributed by atoms with van der Waals surface area (Å²) < 4.78 is 10.3. The Kier molecular flexibility index (Phi) is 9.36. The van der Waals surface area contributed by atoms with Gasteiger partial charge in [0.25, 0.3) is 11.8 Å². The van der Waals surface area contributed by atoms with Crippen LogP contribution in [0.1, 0.15) is 39.8 Å². The van der Waals surface area contributed by atoms with Gasteiger partial charge < -0.3 is 19.8 Å². The number of esters is 1. The molecule has 0 saturated carbocycles. The smallest absolute Gasteiger partial charge is 0.338 e. The van der Waals surface area contributed by atoms with Gasteiger partial charge in [-0.25, -0.2) is 9.69 Å². The highest BCUT2D eigenvalue weighted by atomic mass is 32.2. The Morgan fingerprint density at radius 3 is 2.43 bits per heavy atom. The van der Waals surface area contributed by atoms with Crippen LogP contribution in [-0.4, -0.2) is 41.5 Å². The van der Waals surface area contributed by atoms with Gasteiger partial charge in [0.15, 0.2) is 0 Å². The van der Waals surface area contributed by atoms with E-state index in [2.05, 4.69) is 10.6 Å². The lowest BCUT2D eigenvalue weighted by Crippen LogP contribution is -2.31. The predicted octanol–water partition coefficient (Wildman–Crippen LogP) is 5.29. The normalized spacial score (nSPS) is 14.8. The van der Waals surface area contributed by atoms with E-state index in [0.29, 0.717) is 33.2 Å². The van der Waals surface area contributed by atoms with Gasteiger partial charge >= 0.3 is 5.97 Å². The van der Waals surface area contributed by atoms with Crippen molar-refractivity contribution in [3.05, 3.63) is 120 Å². The summed E-state index contributed by atoms with van der Waals surface area (Å²) in [6.07, 6.45) is 2.86. The fraction of sp³-hybridized carbons (Fsp3) is 0.121. The first-order valence-corrected chi connectivity index (χ1v) is 14.5. The van der Waals surface area contributed by atoms with Gasteiger partial charge in [-0.3, -0.25) is 19.2 Å². The van der Waals surface area contributed by atoms with Crippen molar-refractivity contribution in [3.63, 3.8) is 0 Å². The zero-order valence-corrected chi connectivity index (χ0v) is 24.3. The van der Waals surface area contributed by atoms with Gasteiger partial charge in [-0.15, -0.1) is 11.8 Å². The quantitative estimate of drug-likeness (QED) is 0.141. The Morgan fingerprint density at radius 1 is 0.955 bits per heavy atom. The number of amides is 4. The molecule has 1 aliphatic heterocycles. The first-order valence-electron chi connectivity index (χ1n) is 13.7. The summed E-state index contributed by atoms with van der Waals surface area (Å²) in [6.45, 7) is 1.94. The third-order valence-electron chi connectivity index (χ3n) is 6.47. The highest BCUT2D eigenvalue weighted by Gasteiger charge is 2.40. The number of nitrogens with zero attached hydrogens (tertiary/aromatic N) is 1. The summed E-state index contributed by atoms with van der Waals surface area (Å²) in [5, 5.41) is 4.74. The van der Waals surface area contributed by atoms with Gasteiger partial charge in [0.05, 0.1) is 29.4 Å². The number of carbonyl (C=O) groups excluding carboxylic acids is 5. The summed E-state index contributed by atoms with van der Waals surface area (Å²) in [7, 11) is 0. The molecule has 1 aromatic heterocycles. The predicted molar refractivity (Wildman–Crippen MR) is 165 cm³/mol. The summed E-state index contributed by atoms with van der Waals surface area (Å²) in [6, 6.07) is 24.7. The number of carbonyl (C=O) groups is 5. The van der Waals surface area contributed by atoms with Crippen LogP contribution in [0.5, 0.6) is 0 Å². The molecule has 0 unspecified atom stereocenters. The third kappa shape index (κ3) is 7.13. The molecular formula is C33H27N3O7S. The average molecular weight is 610 g/mol. The van der Waals surface area contributed by atoms with Crippen LogP contribution in [0.3, 0.4) is 0 Å². The van der Waals surface area contributed by atoms with Crippen LogP contribution in [0.2, 0.25) is 0 Å². The molecule has 0 aliphatic carbocycles. The maximum atomic E-state index is 13.3. The van der Waals surface area contributed by atoms with Crippen molar-refractivity contribution in [3.8, 4) is 0 Å². The first kappa shape index (κ1) is 30.1. The molecule has 11 heteroatoms. The second-order valence-electron chi connectivity index (χ2n) is 9.52. The number of hydrogen-bond acceptors (Lipinski definition) is 8. The second kappa shape index (κ2) is 13.7. The Balaban J connectivity index is 1.27. The molecule has 222 valence electrons. The summed E-state index contributed by atoms with van der Waals surface area (Å²) in [5.74, 6) is -1.91. The molecule has 0 radical (unpaired) electrons. The monoisotopic (exact) mass is 609 g/mol. The summed E-state index contributed by atoms with van der Waals surface area (Å²) in [5.41, 5.74) is 1.45. The van der Waals surface area contributed by atoms with E-state index < -0.39 is 23.0 Å². The van der Waals surface area contributed by atoms with Crippen molar-refractivity contribution in [1.29, 1.82) is 0 Å². The lowest BCUT2D eigenvalue weighted by molar-refractivity contribution is -0.121. The Morgan fingerprint density at radius 2 is 1.73 bits per heavy atom. The maximum Gasteiger partial charge on any atom is 0.338 e. The molecule has 4 amide bonds. The molecule has 10 nitrogen and oxygen atoms in total. The van der Waals surface area contributed by atoms with E-state index in [1.807, 2.05) is 0 Å². The molecule has 1 saturated heterocycles. The molecule has 3 aromatic carbocycles. The van der Waals surface area contributed by atoms with Crippen molar-refractivity contribution < 1.29 is 33.1 Å². The van der Waals surface area contributed by atoms with Crippen LogP contribution in [0.4, 0.5) is 11.4 Å². The van der Waals surface area contributed by atoms with Crippen molar-refractivity contribution in [2.24, 2.45) is 0 Å². The van der Waals surface area contributed by atoms with Crippen LogP contribution in [0.15, 0.2) is 112 Å². The van der Waals surface area contributed by atoms with E-state index in [0.717, 1.165) is 4.90 Å². The number of thioether (sulfide) groups is 1. The SMILES string of the molecule is CCOC(=O)c1ccc(N2C(=O)C[C@H](Sc3cccc(NC(=O)/C(=C/c4ccco4)NC(=O)c4ccccc4)c3)C2=O)cc1. The molecule has 44 heavy (non-hydrogen) atoms. The van der Waals surface area contributed by atoms with Gasteiger partial charge in [-0.1, -0.05) is 24.3 Å². The number of ether oxygens (including phenoxy) is 1. The lowest BCUT2D eigenvalue weighted by Gasteiger charge is -2.15. The summed E-state index contributed by atoms with van der Waals surface area (Å²) >= 11 is 1.20. The number of imide groups is 1. The van der Waals surface area contributed by atoms with Gasteiger partial charge in [-0.05, 0) is 73.7 Å². The standard InChI is InChI=1S/C33H27N3O7S/c1-2-42-33(41)22-13-15-24(16-14-22)36-29(37)20-28(32(36)40)44-26-12-6-10-23(18-26)34-31(39)27(19-25-11-7-17-43-25)35-30(38)21-8-4-3-5-9-21/h3-19,28H,2,20H2,1H3,(H,34,39)(H,35,38)/b27-19-/t28-/m0/s1. The van der Waals surface area contributed by atoms with Crippen LogP contribution in [0, 0.1) is 0 Å². The van der Waals surface area contributed by atoms with E-state index in [4.69, 9.17) is 9.15 Å².